The van der Waals surface area contributed by atoms with Gasteiger partial charge in [-0.1, -0.05) is 76.3 Å². The molecule has 0 fully saturated rings. The van der Waals surface area contributed by atoms with Gasteiger partial charge in [0, 0.05) is 18.4 Å². The van der Waals surface area contributed by atoms with E-state index in [1.807, 2.05) is 12.5 Å². The maximum Gasteiger partial charge on any atom is 0.0948 e. The summed E-state index contributed by atoms with van der Waals surface area (Å²) in [7, 11) is 0. The molecule has 1 aromatic carbocycles. The van der Waals surface area contributed by atoms with E-state index in [1.54, 1.807) is 0 Å². The van der Waals surface area contributed by atoms with Crippen LogP contribution in [0.4, 0.5) is 0 Å². The van der Waals surface area contributed by atoms with Gasteiger partial charge in [-0.05, 0) is 24.3 Å². The van der Waals surface area contributed by atoms with Crippen molar-refractivity contribution >= 4 is 0 Å². The molecule has 2 aromatic rings. The zero-order chi connectivity index (χ0) is 15.6. The molecule has 2 heteroatoms. The Labute approximate surface area is 135 Å². The number of nitrogens with zero attached hydrogens (tertiary/aromatic N) is 2. The predicted molar refractivity (Wildman–Crippen MR) is 94.0 cm³/mol. The van der Waals surface area contributed by atoms with Gasteiger partial charge in [0.2, 0.25) is 0 Å². The number of aromatic nitrogens is 2. The lowest BCUT2D eigenvalue weighted by Gasteiger charge is -2.25. The standard InChI is InChI=1S/C20H30N2/c1-3-4-5-6-10-13-20(22-15-14-21-17-22)18(2)16-19-11-8-7-9-12-19/h7-9,11-12,14-15,17-18,20H,3-6,10,13,16H2,1-2H3. The molecule has 2 rings (SSSR count). The third kappa shape index (κ3) is 5.32. The molecule has 0 N–H and O–H groups in total. The number of benzene rings is 1. The molecule has 0 amide bonds. The quantitative estimate of drug-likeness (QED) is 0.517. The van der Waals surface area contributed by atoms with Gasteiger partial charge in [0.15, 0.2) is 0 Å². The Morgan fingerprint density at radius 3 is 2.50 bits per heavy atom. The molecule has 0 aliphatic carbocycles. The Bertz CT molecular complexity index is 490. The highest BCUT2D eigenvalue weighted by Crippen LogP contribution is 2.27. The molecule has 1 heterocycles. The van der Waals surface area contributed by atoms with Crippen molar-refractivity contribution in [2.45, 2.75) is 64.8 Å². The highest BCUT2D eigenvalue weighted by Gasteiger charge is 2.18. The molecule has 0 saturated heterocycles. The van der Waals surface area contributed by atoms with Gasteiger partial charge in [0.05, 0.1) is 6.33 Å². The monoisotopic (exact) mass is 298 g/mol. The van der Waals surface area contributed by atoms with Crippen LogP contribution >= 0.6 is 0 Å². The van der Waals surface area contributed by atoms with Crippen molar-refractivity contribution < 1.29 is 0 Å². The van der Waals surface area contributed by atoms with Crippen LogP contribution < -0.4 is 0 Å². The second-order valence-electron chi connectivity index (χ2n) is 6.45. The van der Waals surface area contributed by atoms with Crippen molar-refractivity contribution in [2.75, 3.05) is 0 Å². The van der Waals surface area contributed by atoms with Gasteiger partial charge in [-0.3, -0.25) is 0 Å². The minimum atomic E-state index is 0.560. The highest BCUT2D eigenvalue weighted by molar-refractivity contribution is 5.15. The zero-order valence-electron chi connectivity index (χ0n) is 14.1. The van der Waals surface area contributed by atoms with Gasteiger partial charge >= 0.3 is 0 Å². The Balaban J connectivity index is 1.92. The summed E-state index contributed by atoms with van der Waals surface area (Å²) in [6, 6.07) is 11.4. The molecule has 0 spiro atoms. The van der Waals surface area contributed by atoms with Crippen molar-refractivity contribution in [3.05, 3.63) is 54.6 Å². The number of hydrogen-bond acceptors (Lipinski definition) is 1. The molecule has 0 bridgehead atoms. The average Bonchev–Trinajstić information content (AvgIpc) is 3.05. The van der Waals surface area contributed by atoms with Gasteiger partial charge in [-0.15, -0.1) is 0 Å². The summed E-state index contributed by atoms with van der Waals surface area (Å²) < 4.78 is 2.31. The van der Waals surface area contributed by atoms with Crippen LogP contribution in [0.15, 0.2) is 49.1 Å². The van der Waals surface area contributed by atoms with Crippen molar-refractivity contribution in [3.8, 4) is 0 Å². The minimum absolute atomic E-state index is 0.560. The predicted octanol–water partition coefficient (Wildman–Crippen LogP) is 5.66. The van der Waals surface area contributed by atoms with Crippen LogP contribution in [-0.4, -0.2) is 9.55 Å². The van der Waals surface area contributed by atoms with Crippen molar-refractivity contribution in [1.82, 2.24) is 9.55 Å². The summed E-state index contributed by atoms with van der Waals surface area (Å²) in [5, 5.41) is 0. The molecule has 2 nitrogen and oxygen atoms in total. The van der Waals surface area contributed by atoms with Crippen LogP contribution in [0.25, 0.3) is 0 Å². The first-order valence-corrected chi connectivity index (χ1v) is 8.82. The first kappa shape index (κ1) is 16.8. The van der Waals surface area contributed by atoms with Gasteiger partial charge in [0.1, 0.15) is 0 Å². The first-order chi connectivity index (χ1) is 10.8. The summed E-state index contributed by atoms with van der Waals surface area (Å²) in [5.74, 6) is 0.628. The first-order valence-electron chi connectivity index (χ1n) is 8.82. The van der Waals surface area contributed by atoms with Crippen LogP contribution in [0.2, 0.25) is 0 Å². The lowest BCUT2D eigenvalue weighted by atomic mass is 9.90. The second-order valence-corrected chi connectivity index (χ2v) is 6.45. The van der Waals surface area contributed by atoms with E-state index in [0.717, 1.165) is 6.42 Å². The topological polar surface area (TPSA) is 17.8 Å². The van der Waals surface area contributed by atoms with Gasteiger partial charge < -0.3 is 4.57 Å². The molecule has 0 saturated carbocycles. The largest absolute Gasteiger partial charge is 0.334 e. The summed E-state index contributed by atoms with van der Waals surface area (Å²) >= 11 is 0. The minimum Gasteiger partial charge on any atom is -0.334 e. The summed E-state index contributed by atoms with van der Waals surface area (Å²) in [5.41, 5.74) is 1.44. The fourth-order valence-electron chi connectivity index (χ4n) is 3.27. The van der Waals surface area contributed by atoms with Crippen LogP contribution in [0.3, 0.4) is 0 Å². The van der Waals surface area contributed by atoms with Gasteiger partial charge in [0.25, 0.3) is 0 Å². The lowest BCUT2D eigenvalue weighted by Crippen LogP contribution is -2.18. The third-order valence-corrected chi connectivity index (χ3v) is 4.57. The van der Waals surface area contributed by atoms with E-state index in [0.29, 0.717) is 12.0 Å². The zero-order valence-corrected chi connectivity index (χ0v) is 14.1. The van der Waals surface area contributed by atoms with Crippen LogP contribution in [0, 0.1) is 5.92 Å². The Morgan fingerprint density at radius 2 is 1.82 bits per heavy atom. The summed E-state index contributed by atoms with van der Waals surface area (Å²) in [6.07, 6.45) is 15.1. The van der Waals surface area contributed by atoms with Crippen LogP contribution in [0.1, 0.15) is 64.0 Å². The third-order valence-electron chi connectivity index (χ3n) is 4.57. The fraction of sp³-hybridized carbons (Fsp3) is 0.550. The van der Waals surface area contributed by atoms with E-state index >= 15 is 0 Å². The number of hydrogen-bond donors (Lipinski definition) is 0. The molecule has 0 aliphatic rings. The van der Waals surface area contributed by atoms with E-state index in [9.17, 15) is 0 Å². The summed E-state index contributed by atoms with van der Waals surface area (Å²) in [6.45, 7) is 4.65. The van der Waals surface area contributed by atoms with Gasteiger partial charge in [-0.2, -0.15) is 0 Å². The lowest BCUT2D eigenvalue weighted by molar-refractivity contribution is 0.318. The normalized spacial score (nSPS) is 13.9. The Kier molecular flexibility index (Phi) is 7.21. The van der Waals surface area contributed by atoms with E-state index in [4.69, 9.17) is 0 Å². The van der Waals surface area contributed by atoms with Gasteiger partial charge in [-0.25, -0.2) is 4.98 Å². The Hall–Kier alpha value is -1.57. The van der Waals surface area contributed by atoms with E-state index < -0.39 is 0 Å². The maximum absolute atomic E-state index is 4.25. The SMILES string of the molecule is CCCCCCCC(C(C)Cc1ccccc1)n1ccnc1. The maximum atomic E-state index is 4.25. The smallest absolute Gasteiger partial charge is 0.0948 e. The van der Waals surface area contributed by atoms with E-state index in [2.05, 4.69) is 59.9 Å². The molecule has 22 heavy (non-hydrogen) atoms. The number of unbranched alkanes of at least 4 members (excludes halogenated alkanes) is 4. The fourth-order valence-corrected chi connectivity index (χ4v) is 3.27. The van der Waals surface area contributed by atoms with Crippen molar-refractivity contribution in [3.63, 3.8) is 0 Å². The average molecular weight is 298 g/mol. The van der Waals surface area contributed by atoms with Crippen LogP contribution in [0.5, 0.6) is 0 Å². The molecular weight excluding hydrogens is 268 g/mol. The molecule has 2 atom stereocenters. The molecule has 1 aromatic heterocycles. The molecule has 2 unspecified atom stereocenters. The molecule has 120 valence electrons. The molecule has 0 aliphatic heterocycles. The van der Waals surface area contributed by atoms with E-state index in [-0.39, 0.29) is 0 Å². The number of imidazole rings is 1. The molecular formula is C20H30N2. The summed E-state index contributed by atoms with van der Waals surface area (Å²) in [4.78, 5) is 4.25. The van der Waals surface area contributed by atoms with E-state index in [1.165, 1.54) is 44.1 Å². The second kappa shape index (κ2) is 9.45. The Morgan fingerprint density at radius 1 is 1.05 bits per heavy atom. The molecule has 0 radical (unpaired) electrons. The van der Waals surface area contributed by atoms with Crippen molar-refractivity contribution in [1.29, 1.82) is 0 Å². The number of rotatable bonds is 10. The highest BCUT2D eigenvalue weighted by atomic mass is 15.1. The van der Waals surface area contributed by atoms with Crippen molar-refractivity contribution in [2.24, 2.45) is 5.92 Å². The van der Waals surface area contributed by atoms with Crippen LogP contribution in [-0.2, 0) is 6.42 Å².